The highest BCUT2D eigenvalue weighted by molar-refractivity contribution is 5.44. The molecule has 0 fully saturated rings. The fourth-order valence-corrected chi connectivity index (χ4v) is 1.12. The fraction of sp³-hybridized carbons (Fsp3) is 0.100. The Hall–Kier alpha value is -1.84. The summed E-state index contributed by atoms with van der Waals surface area (Å²) in [7, 11) is 0. The Bertz CT molecular complexity index is 400. The Morgan fingerprint density at radius 1 is 1.36 bits per heavy atom. The molecule has 1 aromatic heterocycles. The Morgan fingerprint density at radius 2 is 2.21 bits per heavy atom. The second kappa shape index (κ2) is 3.91. The molecule has 0 unspecified atom stereocenters. The van der Waals surface area contributed by atoms with Gasteiger partial charge in [0.1, 0.15) is 12.1 Å². The monoisotopic (exact) mass is 192 g/mol. The molecule has 4 heteroatoms. The third-order valence-corrected chi connectivity index (χ3v) is 1.84. The van der Waals surface area contributed by atoms with E-state index in [0.717, 1.165) is 5.56 Å². The van der Waals surface area contributed by atoms with E-state index in [4.69, 9.17) is 0 Å². The predicted octanol–water partition coefficient (Wildman–Crippen LogP) is 2.43. The number of halogens is 1. The van der Waals surface area contributed by atoms with E-state index in [-0.39, 0.29) is 5.82 Å². The summed E-state index contributed by atoms with van der Waals surface area (Å²) in [5, 5.41) is 6.49. The molecule has 0 aliphatic carbocycles. The SMILES string of the molecule is Fc1ccccc1NCc1cnoc1. The molecule has 1 aromatic carbocycles. The first kappa shape index (κ1) is 8.74. The van der Waals surface area contributed by atoms with Gasteiger partial charge in [-0.3, -0.25) is 0 Å². The lowest BCUT2D eigenvalue weighted by atomic mass is 10.3. The van der Waals surface area contributed by atoms with Crippen LogP contribution in [0.15, 0.2) is 41.2 Å². The molecule has 0 amide bonds. The average Bonchev–Trinajstić information content (AvgIpc) is 2.69. The Balaban J connectivity index is 2.02. The molecule has 0 aliphatic rings. The largest absolute Gasteiger partial charge is 0.378 e. The number of para-hydroxylation sites is 1. The number of anilines is 1. The summed E-state index contributed by atoms with van der Waals surface area (Å²) < 4.78 is 17.8. The highest BCUT2D eigenvalue weighted by Crippen LogP contribution is 2.13. The van der Waals surface area contributed by atoms with Crippen molar-refractivity contribution in [1.82, 2.24) is 5.16 Å². The van der Waals surface area contributed by atoms with E-state index in [1.165, 1.54) is 12.3 Å². The van der Waals surface area contributed by atoms with E-state index in [2.05, 4.69) is 15.0 Å². The summed E-state index contributed by atoms with van der Waals surface area (Å²) in [6.45, 7) is 0.504. The molecular weight excluding hydrogens is 183 g/mol. The van der Waals surface area contributed by atoms with Crippen LogP contribution in [0.1, 0.15) is 5.56 Å². The smallest absolute Gasteiger partial charge is 0.146 e. The first-order valence-electron chi connectivity index (χ1n) is 4.23. The summed E-state index contributed by atoms with van der Waals surface area (Å²) in [6, 6.07) is 6.53. The molecule has 1 heterocycles. The molecule has 0 aliphatic heterocycles. The number of hydrogen-bond acceptors (Lipinski definition) is 3. The first-order valence-corrected chi connectivity index (χ1v) is 4.23. The third-order valence-electron chi connectivity index (χ3n) is 1.84. The number of nitrogens with one attached hydrogen (secondary N) is 1. The number of aromatic nitrogens is 1. The van der Waals surface area contributed by atoms with E-state index in [0.29, 0.717) is 12.2 Å². The maximum atomic E-state index is 13.1. The van der Waals surface area contributed by atoms with Crippen LogP contribution in [0.25, 0.3) is 0 Å². The molecule has 0 radical (unpaired) electrons. The van der Waals surface area contributed by atoms with Crippen LogP contribution in [0.5, 0.6) is 0 Å². The van der Waals surface area contributed by atoms with E-state index in [9.17, 15) is 4.39 Å². The lowest BCUT2D eigenvalue weighted by Gasteiger charge is -2.04. The number of benzene rings is 1. The molecule has 0 spiro atoms. The summed E-state index contributed by atoms with van der Waals surface area (Å²) >= 11 is 0. The van der Waals surface area contributed by atoms with Gasteiger partial charge in [-0.1, -0.05) is 17.3 Å². The fourth-order valence-electron chi connectivity index (χ4n) is 1.12. The van der Waals surface area contributed by atoms with Crippen molar-refractivity contribution in [2.75, 3.05) is 5.32 Å². The van der Waals surface area contributed by atoms with E-state index in [1.54, 1.807) is 24.4 Å². The molecule has 0 saturated heterocycles. The second-order valence-corrected chi connectivity index (χ2v) is 2.87. The maximum Gasteiger partial charge on any atom is 0.146 e. The normalized spacial score (nSPS) is 10.1. The van der Waals surface area contributed by atoms with Gasteiger partial charge in [-0.25, -0.2) is 4.39 Å². The lowest BCUT2D eigenvalue weighted by molar-refractivity contribution is 0.419. The number of rotatable bonds is 3. The molecule has 72 valence electrons. The molecule has 1 N–H and O–H groups in total. The van der Waals surface area contributed by atoms with Crippen LogP contribution in [0.4, 0.5) is 10.1 Å². The van der Waals surface area contributed by atoms with Gasteiger partial charge in [0, 0.05) is 12.1 Å². The summed E-state index contributed by atoms with van der Waals surface area (Å²) in [5.41, 5.74) is 1.36. The van der Waals surface area contributed by atoms with Gasteiger partial charge >= 0.3 is 0 Å². The van der Waals surface area contributed by atoms with E-state index >= 15 is 0 Å². The zero-order chi connectivity index (χ0) is 9.80. The lowest BCUT2D eigenvalue weighted by Crippen LogP contribution is -1.99. The van der Waals surface area contributed by atoms with Crippen LogP contribution in [-0.2, 0) is 6.54 Å². The van der Waals surface area contributed by atoms with Crippen molar-refractivity contribution in [3.63, 3.8) is 0 Å². The molecule has 0 atom stereocenters. The van der Waals surface area contributed by atoms with Crippen LogP contribution in [0, 0.1) is 5.82 Å². The van der Waals surface area contributed by atoms with E-state index in [1.807, 2.05) is 0 Å². The first-order chi connectivity index (χ1) is 6.86. The van der Waals surface area contributed by atoms with Crippen molar-refractivity contribution in [2.24, 2.45) is 0 Å². The Morgan fingerprint density at radius 3 is 2.93 bits per heavy atom. The van der Waals surface area contributed by atoms with Gasteiger partial charge in [0.15, 0.2) is 0 Å². The molecule has 2 aromatic rings. The zero-order valence-corrected chi connectivity index (χ0v) is 7.40. The van der Waals surface area contributed by atoms with Gasteiger partial charge in [0.2, 0.25) is 0 Å². The van der Waals surface area contributed by atoms with Crippen molar-refractivity contribution in [3.8, 4) is 0 Å². The van der Waals surface area contributed by atoms with Gasteiger partial charge in [-0.2, -0.15) is 0 Å². The number of hydrogen-bond donors (Lipinski definition) is 1. The van der Waals surface area contributed by atoms with Gasteiger partial charge in [-0.15, -0.1) is 0 Å². The molecule has 3 nitrogen and oxygen atoms in total. The highest BCUT2D eigenvalue weighted by Gasteiger charge is 2.00. The molecule has 14 heavy (non-hydrogen) atoms. The van der Waals surface area contributed by atoms with Crippen LogP contribution < -0.4 is 5.32 Å². The molecule has 2 rings (SSSR count). The maximum absolute atomic E-state index is 13.1. The highest BCUT2D eigenvalue weighted by atomic mass is 19.1. The van der Waals surface area contributed by atoms with Crippen LogP contribution in [-0.4, -0.2) is 5.16 Å². The minimum atomic E-state index is -0.260. The Kier molecular flexibility index (Phi) is 2.44. The van der Waals surface area contributed by atoms with Gasteiger partial charge in [-0.05, 0) is 12.1 Å². The molecule has 0 saturated carbocycles. The van der Waals surface area contributed by atoms with Crippen LogP contribution in [0.2, 0.25) is 0 Å². The van der Waals surface area contributed by atoms with Crippen molar-refractivity contribution >= 4 is 5.69 Å². The van der Waals surface area contributed by atoms with E-state index < -0.39 is 0 Å². The van der Waals surface area contributed by atoms with Crippen molar-refractivity contribution < 1.29 is 8.91 Å². The van der Waals surface area contributed by atoms with Crippen molar-refractivity contribution in [2.45, 2.75) is 6.54 Å². The Labute approximate surface area is 80.5 Å². The predicted molar refractivity (Wildman–Crippen MR) is 50.2 cm³/mol. The summed E-state index contributed by atoms with van der Waals surface area (Å²) in [6.07, 6.45) is 3.11. The second-order valence-electron chi connectivity index (χ2n) is 2.87. The minimum Gasteiger partial charge on any atom is -0.378 e. The van der Waals surface area contributed by atoms with Gasteiger partial charge < -0.3 is 9.84 Å². The average molecular weight is 192 g/mol. The number of nitrogens with zero attached hydrogens (tertiary/aromatic N) is 1. The van der Waals surface area contributed by atoms with Crippen LogP contribution in [0.3, 0.4) is 0 Å². The molecule has 0 bridgehead atoms. The summed E-state index contributed by atoms with van der Waals surface area (Å²) in [5.74, 6) is -0.260. The standard InChI is InChI=1S/C10H9FN2O/c11-9-3-1-2-4-10(9)12-5-8-6-13-14-7-8/h1-4,6-7,12H,5H2. The topological polar surface area (TPSA) is 38.1 Å². The minimum absolute atomic E-state index is 0.260. The quantitative estimate of drug-likeness (QED) is 0.811. The van der Waals surface area contributed by atoms with Gasteiger partial charge in [0.25, 0.3) is 0 Å². The van der Waals surface area contributed by atoms with Crippen molar-refractivity contribution in [1.29, 1.82) is 0 Å². The third kappa shape index (κ3) is 1.90. The summed E-state index contributed by atoms with van der Waals surface area (Å²) in [4.78, 5) is 0. The van der Waals surface area contributed by atoms with Crippen LogP contribution >= 0.6 is 0 Å². The molecular formula is C10H9FN2O. The zero-order valence-electron chi connectivity index (χ0n) is 7.40. The van der Waals surface area contributed by atoms with Gasteiger partial charge in [0.05, 0.1) is 11.9 Å². The van der Waals surface area contributed by atoms with Crippen molar-refractivity contribution in [3.05, 3.63) is 48.1 Å².